The van der Waals surface area contributed by atoms with Crippen molar-refractivity contribution in [3.8, 4) is 5.75 Å². The molecule has 0 radical (unpaired) electrons. The van der Waals surface area contributed by atoms with Crippen LogP contribution in [0.5, 0.6) is 5.75 Å². The fourth-order valence-electron chi connectivity index (χ4n) is 1.54. The monoisotopic (exact) mass is 384 g/mol. The van der Waals surface area contributed by atoms with Crippen LogP contribution in [0.15, 0.2) is 42.5 Å². The highest BCUT2D eigenvalue weighted by molar-refractivity contribution is 14.1. The van der Waals surface area contributed by atoms with Gasteiger partial charge in [-0.15, -0.1) is 0 Å². The van der Waals surface area contributed by atoms with E-state index in [1.807, 2.05) is 22.6 Å². The van der Waals surface area contributed by atoms with Gasteiger partial charge < -0.3 is 10.4 Å². The Morgan fingerprint density at radius 3 is 2.45 bits per heavy atom. The van der Waals surface area contributed by atoms with Gasteiger partial charge in [0.05, 0.1) is 10.5 Å². The highest BCUT2D eigenvalue weighted by Crippen LogP contribution is 2.21. The van der Waals surface area contributed by atoms with Crippen molar-refractivity contribution in [2.24, 2.45) is 0 Å². The lowest BCUT2D eigenvalue weighted by Gasteiger charge is -2.07. The van der Waals surface area contributed by atoms with E-state index in [0.717, 1.165) is 0 Å². The minimum atomic E-state index is -0.548. The average Bonchev–Trinajstić information content (AvgIpc) is 2.41. The van der Waals surface area contributed by atoms with E-state index in [-0.39, 0.29) is 17.0 Å². The molecule has 2 rings (SSSR count). The lowest BCUT2D eigenvalue weighted by molar-refractivity contribution is -0.384. The van der Waals surface area contributed by atoms with E-state index in [9.17, 15) is 14.9 Å². The van der Waals surface area contributed by atoms with E-state index in [1.165, 1.54) is 42.5 Å². The number of hydrogen-bond donors (Lipinski definition) is 2. The number of non-ortho nitro benzene ring substituents is 1. The summed E-state index contributed by atoms with van der Waals surface area (Å²) in [4.78, 5) is 22.3. The zero-order chi connectivity index (χ0) is 14.7. The summed E-state index contributed by atoms with van der Waals surface area (Å²) in [6.07, 6.45) is 0. The number of nitro groups is 1. The van der Waals surface area contributed by atoms with Crippen molar-refractivity contribution < 1.29 is 14.8 Å². The highest BCUT2D eigenvalue weighted by Gasteiger charge is 2.15. The molecule has 0 saturated heterocycles. The Labute approximate surface area is 127 Å². The van der Waals surface area contributed by atoms with E-state index >= 15 is 0 Å². The molecule has 7 heteroatoms. The van der Waals surface area contributed by atoms with Crippen LogP contribution >= 0.6 is 22.6 Å². The number of carbonyl (C=O) groups is 1. The van der Waals surface area contributed by atoms with Crippen molar-refractivity contribution in [2.45, 2.75) is 0 Å². The molecule has 2 N–H and O–H groups in total. The van der Waals surface area contributed by atoms with Gasteiger partial charge in [-0.3, -0.25) is 14.9 Å². The van der Waals surface area contributed by atoms with Crippen LogP contribution in [0.2, 0.25) is 0 Å². The molecule has 0 bridgehead atoms. The second-order valence-corrected chi connectivity index (χ2v) is 5.08. The summed E-state index contributed by atoms with van der Waals surface area (Å²) >= 11 is 1.94. The number of aromatic hydroxyl groups is 1. The predicted molar refractivity (Wildman–Crippen MR) is 81.9 cm³/mol. The number of nitro benzene ring substituents is 1. The molecule has 2 aromatic rings. The Hall–Kier alpha value is -2.16. The molecule has 0 unspecified atom stereocenters. The first-order chi connectivity index (χ1) is 9.47. The van der Waals surface area contributed by atoms with E-state index in [1.54, 1.807) is 0 Å². The summed E-state index contributed by atoms with van der Waals surface area (Å²) in [5.41, 5.74) is 0.587. The van der Waals surface area contributed by atoms with Crippen LogP contribution < -0.4 is 5.32 Å². The quantitative estimate of drug-likeness (QED) is 0.368. The van der Waals surface area contributed by atoms with Gasteiger partial charge in [-0.2, -0.15) is 0 Å². The van der Waals surface area contributed by atoms with Crippen molar-refractivity contribution in [1.29, 1.82) is 0 Å². The lowest BCUT2D eigenvalue weighted by atomic mass is 10.2. The molecule has 0 spiro atoms. The number of rotatable bonds is 3. The highest BCUT2D eigenvalue weighted by atomic mass is 127. The van der Waals surface area contributed by atoms with Crippen molar-refractivity contribution in [3.63, 3.8) is 0 Å². The van der Waals surface area contributed by atoms with Gasteiger partial charge in [0.25, 0.3) is 11.6 Å². The summed E-state index contributed by atoms with van der Waals surface area (Å²) in [6.45, 7) is 0. The number of amides is 1. The number of hydrogen-bond acceptors (Lipinski definition) is 4. The molecular formula is C13H9IN2O4. The Kier molecular flexibility index (Phi) is 4.18. The second-order valence-electron chi connectivity index (χ2n) is 3.92. The number of phenolic OH excluding ortho intramolecular Hbond substituents is 1. The van der Waals surface area contributed by atoms with Gasteiger partial charge in [0.1, 0.15) is 5.75 Å². The molecule has 0 aromatic heterocycles. The van der Waals surface area contributed by atoms with Gasteiger partial charge in [-0.05, 0) is 52.9 Å². The van der Waals surface area contributed by atoms with Crippen molar-refractivity contribution >= 4 is 39.9 Å². The summed E-state index contributed by atoms with van der Waals surface area (Å²) < 4.78 is 0.615. The Bertz CT molecular complexity index is 671. The third kappa shape index (κ3) is 3.23. The fourth-order valence-corrected chi connectivity index (χ4v) is 2.12. The molecule has 0 aliphatic rings. The largest absolute Gasteiger partial charge is 0.508 e. The molecule has 0 heterocycles. The van der Waals surface area contributed by atoms with Gasteiger partial charge >= 0.3 is 0 Å². The predicted octanol–water partition coefficient (Wildman–Crippen LogP) is 3.16. The number of carbonyl (C=O) groups excluding carboxylic acids is 1. The number of anilines is 1. The van der Waals surface area contributed by atoms with Crippen LogP contribution in [0.4, 0.5) is 11.4 Å². The molecule has 0 fully saturated rings. The minimum absolute atomic E-state index is 0.0907. The third-order valence-electron chi connectivity index (χ3n) is 2.53. The van der Waals surface area contributed by atoms with Crippen LogP contribution in [0, 0.1) is 13.7 Å². The Balaban J connectivity index is 2.26. The molecule has 0 atom stereocenters. The van der Waals surface area contributed by atoms with Crippen molar-refractivity contribution in [3.05, 3.63) is 61.7 Å². The second kappa shape index (κ2) is 5.87. The fraction of sp³-hybridized carbons (Fsp3) is 0. The van der Waals surface area contributed by atoms with Crippen LogP contribution in [0.3, 0.4) is 0 Å². The zero-order valence-electron chi connectivity index (χ0n) is 10.0. The lowest BCUT2D eigenvalue weighted by Crippen LogP contribution is -2.13. The zero-order valence-corrected chi connectivity index (χ0v) is 12.2. The topological polar surface area (TPSA) is 92.5 Å². The number of benzene rings is 2. The summed E-state index contributed by atoms with van der Waals surface area (Å²) in [7, 11) is 0. The van der Waals surface area contributed by atoms with Gasteiger partial charge in [-0.25, -0.2) is 0 Å². The van der Waals surface area contributed by atoms with Crippen LogP contribution in [-0.2, 0) is 0 Å². The van der Waals surface area contributed by atoms with Gasteiger partial charge in [0.15, 0.2) is 0 Å². The molecule has 2 aromatic carbocycles. The van der Waals surface area contributed by atoms with Crippen molar-refractivity contribution in [1.82, 2.24) is 0 Å². The minimum Gasteiger partial charge on any atom is -0.508 e. The molecular weight excluding hydrogens is 375 g/mol. The van der Waals surface area contributed by atoms with E-state index in [2.05, 4.69) is 5.32 Å². The molecule has 0 aliphatic heterocycles. The first-order valence-electron chi connectivity index (χ1n) is 5.51. The number of phenols is 1. The van der Waals surface area contributed by atoms with Crippen LogP contribution in [-0.4, -0.2) is 15.9 Å². The summed E-state index contributed by atoms with van der Waals surface area (Å²) in [5, 5.41) is 22.5. The van der Waals surface area contributed by atoms with E-state index in [4.69, 9.17) is 5.11 Å². The van der Waals surface area contributed by atoms with Gasteiger partial charge in [0, 0.05) is 21.4 Å². The van der Waals surface area contributed by atoms with Crippen molar-refractivity contribution in [2.75, 3.05) is 5.32 Å². The standard InChI is InChI=1S/C13H9IN2O4/c14-12-6-3-9(16(19)20)7-11(12)13(18)15-8-1-4-10(17)5-2-8/h1-7,17H,(H,15,18). The smallest absolute Gasteiger partial charge is 0.270 e. The van der Waals surface area contributed by atoms with E-state index in [0.29, 0.717) is 9.26 Å². The number of halogens is 1. The number of nitrogens with one attached hydrogen (secondary N) is 1. The summed E-state index contributed by atoms with van der Waals surface area (Å²) in [5.74, 6) is -0.350. The maximum absolute atomic E-state index is 12.1. The first-order valence-corrected chi connectivity index (χ1v) is 6.59. The van der Waals surface area contributed by atoms with Gasteiger partial charge in [0.2, 0.25) is 0 Å². The molecule has 0 saturated carbocycles. The maximum atomic E-state index is 12.1. The average molecular weight is 384 g/mol. The maximum Gasteiger partial charge on any atom is 0.270 e. The molecule has 6 nitrogen and oxygen atoms in total. The molecule has 0 aliphatic carbocycles. The summed E-state index contributed by atoms with van der Waals surface area (Å²) in [6, 6.07) is 10.1. The molecule has 102 valence electrons. The normalized spacial score (nSPS) is 10.1. The SMILES string of the molecule is O=C(Nc1ccc(O)cc1)c1cc([N+](=O)[O-])ccc1I. The molecule has 1 amide bonds. The molecule has 20 heavy (non-hydrogen) atoms. The Morgan fingerprint density at radius 2 is 1.85 bits per heavy atom. The third-order valence-corrected chi connectivity index (χ3v) is 3.47. The van der Waals surface area contributed by atoms with Gasteiger partial charge in [-0.1, -0.05) is 0 Å². The Morgan fingerprint density at radius 1 is 1.20 bits per heavy atom. The van der Waals surface area contributed by atoms with E-state index < -0.39 is 10.8 Å². The number of nitrogens with zero attached hydrogens (tertiary/aromatic N) is 1. The van der Waals surface area contributed by atoms with Crippen LogP contribution in [0.1, 0.15) is 10.4 Å². The van der Waals surface area contributed by atoms with Crippen LogP contribution in [0.25, 0.3) is 0 Å². The first kappa shape index (κ1) is 14.3.